The Labute approximate surface area is 146 Å². The van der Waals surface area contributed by atoms with E-state index in [9.17, 15) is 18.0 Å². The van der Waals surface area contributed by atoms with Gasteiger partial charge in [-0.2, -0.15) is 13.2 Å². The van der Waals surface area contributed by atoms with Gasteiger partial charge in [-0.05, 0) is 42.8 Å². The Balaban J connectivity index is 2.21. The number of nitrogens with one attached hydrogen (secondary N) is 2. The van der Waals surface area contributed by atoms with Crippen LogP contribution in [0.1, 0.15) is 11.1 Å². The zero-order valence-corrected chi connectivity index (χ0v) is 13.8. The van der Waals surface area contributed by atoms with Crippen LogP contribution in [0.15, 0.2) is 42.5 Å². The summed E-state index contributed by atoms with van der Waals surface area (Å²) in [6, 6.07) is 9.41. The Kier molecular flexibility index (Phi) is 4.28. The summed E-state index contributed by atoms with van der Waals surface area (Å²) in [4.78, 5) is 11.8. The molecule has 0 saturated carbocycles. The quantitative estimate of drug-likeness (QED) is 0.810. The van der Waals surface area contributed by atoms with Gasteiger partial charge in [-0.3, -0.25) is 0 Å². The fourth-order valence-corrected chi connectivity index (χ4v) is 2.88. The second-order valence-electron chi connectivity index (χ2n) is 5.74. The maximum Gasteiger partial charge on any atom is 0.434 e. The van der Waals surface area contributed by atoms with Crippen LogP contribution in [0.3, 0.4) is 0 Å². The van der Waals surface area contributed by atoms with E-state index < -0.39 is 24.4 Å². The smallest absolute Gasteiger partial charge is 0.434 e. The number of hydrogen-bond acceptors (Lipinski definition) is 2. The van der Waals surface area contributed by atoms with Crippen LogP contribution >= 0.6 is 11.6 Å². The van der Waals surface area contributed by atoms with Crippen LogP contribution in [0.5, 0.6) is 5.75 Å². The Bertz CT molecular complexity index is 826. The van der Waals surface area contributed by atoms with Gasteiger partial charge in [0.2, 0.25) is 5.60 Å². The summed E-state index contributed by atoms with van der Waals surface area (Å²) < 4.78 is 47.9. The van der Waals surface area contributed by atoms with E-state index in [1.54, 1.807) is 19.1 Å². The van der Waals surface area contributed by atoms with Crippen LogP contribution in [0.4, 0.5) is 23.7 Å². The first-order chi connectivity index (χ1) is 11.7. The first-order valence-corrected chi connectivity index (χ1v) is 7.76. The van der Waals surface area contributed by atoms with Gasteiger partial charge in [-0.25, -0.2) is 4.79 Å². The number of fused-ring (bicyclic) bond motifs is 1. The van der Waals surface area contributed by atoms with E-state index in [1.807, 2.05) is 0 Å². The van der Waals surface area contributed by atoms with Crippen molar-refractivity contribution in [2.45, 2.75) is 18.7 Å². The van der Waals surface area contributed by atoms with Crippen LogP contribution in [-0.2, 0) is 5.60 Å². The number of halogens is 4. The van der Waals surface area contributed by atoms with Crippen LogP contribution in [0.25, 0.3) is 0 Å². The highest BCUT2D eigenvalue weighted by Crippen LogP contribution is 2.46. The Morgan fingerprint density at radius 1 is 1.20 bits per heavy atom. The van der Waals surface area contributed by atoms with E-state index in [0.717, 1.165) is 11.6 Å². The molecule has 2 N–H and O–H groups in total. The molecule has 1 heterocycles. The van der Waals surface area contributed by atoms with Gasteiger partial charge in [-0.1, -0.05) is 23.7 Å². The average molecular weight is 371 g/mol. The van der Waals surface area contributed by atoms with Crippen molar-refractivity contribution in [2.75, 3.05) is 11.9 Å². The third kappa shape index (κ3) is 3.24. The summed E-state index contributed by atoms with van der Waals surface area (Å²) in [5.74, 6) is 0.0411. The van der Waals surface area contributed by atoms with Crippen molar-refractivity contribution in [3.05, 3.63) is 58.6 Å². The molecule has 3 rings (SSSR count). The molecule has 1 aliphatic heterocycles. The van der Waals surface area contributed by atoms with Gasteiger partial charge < -0.3 is 15.4 Å². The molecule has 0 fully saturated rings. The highest BCUT2D eigenvalue weighted by atomic mass is 35.5. The lowest BCUT2D eigenvalue weighted by atomic mass is 9.91. The van der Waals surface area contributed by atoms with Gasteiger partial charge in [0.15, 0.2) is 0 Å². The molecule has 1 aliphatic rings. The van der Waals surface area contributed by atoms with Crippen molar-refractivity contribution < 1.29 is 22.7 Å². The van der Waals surface area contributed by atoms with Crippen molar-refractivity contribution in [2.24, 2.45) is 0 Å². The molecule has 0 saturated heterocycles. The lowest BCUT2D eigenvalue weighted by molar-refractivity contribution is -0.251. The fraction of sp³-hybridized carbons (Fsp3) is 0.235. The second-order valence-corrected chi connectivity index (χ2v) is 6.18. The molecule has 2 aromatic rings. The van der Waals surface area contributed by atoms with E-state index in [0.29, 0.717) is 0 Å². The number of rotatable bonds is 2. The molecular weight excluding hydrogens is 357 g/mol. The molecule has 1 atom stereocenters. The largest absolute Gasteiger partial charge is 0.471 e. The number of carbonyl (C=O) groups is 1. The van der Waals surface area contributed by atoms with E-state index in [1.165, 1.54) is 24.3 Å². The summed E-state index contributed by atoms with van der Waals surface area (Å²) in [6.45, 7) is 0.956. The number of alkyl halides is 3. The molecule has 2 amide bonds. The lowest BCUT2D eigenvalue weighted by Crippen LogP contribution is -2.54. The summed E-state index contributed by atoms with van der Waals surface area (Å²) in [5.41, 5.74) is -2.30. The van der Waals surface area contributed by atoms with Gasteiger partial charge in [0, 0.05) is 10.6 Å². The first kappa shape index (κ1) is 17.4. The van der Waals surface area contributed by atoms with Crippen molar-refractivity contribution in [1.82, 2.24) is 5.32 Å². The van der Waals surface area contributed by atoms with E-state index in [4.69, 9.17) is 16.3 Å². The van der Waals surface area contributed by atoms with Gasteiger partial charge in [-0.15, -0.1) is 0 Å². The zero-order chi connectivity index (χ0) is 18.2. The van der Waals surface area contributed by atoms with Gasteiger partial charge in [0.05, 0.1) is 12.2 Å². The van der Waals surface area contributed by atoms with E-state index in [-0.39, 0.29) is 22.0 Å². The standard InChI is InChI=1S/C17H14ClF3N2O2/c1-10-3-2-4-12(7-10)25-16(17(19,20)21)9-22-15(24)23-14-6-5-11(18)8-13(14)16/h2-8H,9H2,1H3,(H2,22,23,24). The molecular formula is C17H14ClF3N2O2. The van der Waals surface area contributed by atoms with Crippen molar-refractivity contribution in [3.8, 4) is 5.75 Å². The Morgan fingerprint density at radius 2 is 1.96 bits per heavy atom. The number of amides is 2. The molecule has 2 aromatic carbocycles. The van der Waals surface area contributed by atoms with Crippen LogP contribution < -0.4 is 15.4 Å². The zero-order valence-electron chi connectivity index (χ0n) is 13.1. The van der Waals surface area contributed by atoms with Crippen molar-refractivity contribution in [1.29, 1.82) is 0 Å². The number of benzene rings is 2. The summed E-state index contributed by atoms with van der Waals surface area (Å²) in [6.07, 6.45) is -4.81. The minimum atomic E-state index is -4.81. The van der Waals surface area contributed by atoms with Crippen LogP contribution in [0.2, 0.25) is 5.02 Å². The van der Waals surface area contributed by atoms with Crippen molar-refractivity contribution in [3.63, 3.8) is 0 Å². The number of aryl methyl sites for hydroxylation is 1. The number of ether oxygens (including phenoxy) is 1. The highest BCUT2D eigenvalue weighted by molar-refractivity contribution is 6.30. The fourth-order valence-electron chi connectivity index (χ4n) is 2.71. The predicted molar refractivity (Wildman–Crippen MR) is 88.0 cm³/mol. The predicted octanol–water partition coefficient (Wildman–Crippen LogP) is 4.62. The van der Waals surface area contributed by atoms with Gasteiger partial charge in [0.25, 0.3) is 0 Å². The topological polar surface area (TPSA) is 50.4 Å². The van der Waals surface area contributed by atoms with Crippen molar-refractivity contribution >= 4 is 23.3 Å². The molecule has 4 nitrogen and oxygen atoms in total. The Morgan fingerprint density at radius 3 is 2.64 bits per heavy atom. The molecule has 0 aromatic heterocycles. The summed E-state index contributed by atoms with van der Waals surface area (Å²) >= 11 is 5.92. The molecule has 0 spiro atoms. The minimum absolute atomic E-state index is 0.00984. The average Bonchev–Trinajstić information content (AvgIpc) is 2.65. The Hall–Kier alpha value is -2.41. The van der Waals surface area contributed by atoms with Gasteiger partial charge in [0.1, 0.15) is 5.75 Å². The molecule has 0 radical (unpaired) electrons. The molecule has 8 heteroatoms. The third-order valence-electron chi connectivity index (χ3n) is 3.90. The monoisotopic (exact) mass is 370 g/mol. The number of urea groups is 1. The highest BCUT2D eigenvalue weighted by Gasteiger charge is 2.60. The first-order valence-electron chi connectivity index (χ1n) is 7.38. The number of anilines is 1. The second kappa shape index (κ2) is 6.15. The maximum absolute atomic E-state index is 14.2. The summed E-state index contributed by atoms with van der Waals surface area (Å²) in [7, 11) is 0. The normalized spacial score (nSPS) is 20.1. The van der Waals surface area contributed by atoms with Crippen LogP contribution in [0, 0.1) is 6.92 Å². The van der Waals surface area contributed by atoms with Gasteiger partial charge >= 0.3 is 12.2 Å². The lowest BCUT2D eigenvalue weighted by Gasteiger charge is -2.36. The minimum Gasteiger partial charge on any atom is -0.471 e. The van der Waals surface area contributed by atoms with Crippen LogP contribution in [-0.4, -0.2) is 18.8 Å². The van der Waals surface area contributed by atoms with E-state index in [2.05, 4.69) is 10.6 Å². The molecule has 0 bridgehead atoms. The third-order valence-corrected chi connectivity index (χ3v) is 4.14. The molecule has 1 unspecified atom stereocenters. The number of carbonyl (C=O) groups excluding carboxylic acids is 1. The molecule has 0 aliphatic carbocycles. The van der Waals surface area contributed by atoms with E-state index >= 15 is 0 Å². The summed E-state index contributed by atoms with van der Waals surface area (Å²) in [5, 5.41) is 4.70. The SMILES string of the molecule is Cc1cccc(OC2(C(F)(F)F)CNC(=O)Nc3ccc(Cl)cc32)c1. The maximum atomic E-state index is 14.2. The molecule has 25 heavy (non-hydrogen) atoms. The molecule has 132 valence electrons. The number of hydrogen-bond donors (Lipinski definition) is 2.